The molecule has 5 nitrogen and oxygen atoms in total. The van der Waals surface area contributed by atoms with Gasteiger partial charge in [-0.1, -0.05) is 6.07 Å². The molecule has 1 aromatic carbocycles. The molecule has 0 aliphatic rings. The van der Waals surface area contributed by atoms with Crippen molar-refractivity contribution < 1.29 is 4.79 Å². The van der Waals surface area contributed by atoms with E-state index >= 15 is 0 Å². The lowest BCUT2D eigenvalue weighted by molar-refractivity contribution is 0.0954. The van der Waals surface area contributed by atoms with E-state index < -0.39 is 0 Å². The Kier molecular flexibility index (Phi) is 4.07. The van der Waals surface area contributed by atoms with Gasteiger partial charge < -0.3 is 5.32 Å². The van der Waals surface area contributed by atoms with Gasteiger partial charge in [-0.25, -0.2) is 9.67 Å². The van der Waals surface area contributed by atoms with Crippen LogP contribution in [0, 0.1) is 0 Å². The maximum absolute atomic E-state index is 12.0. The Balaban J connectivity index is 1.57. The van der Waals surface area contributed by atoms with Gasteiger partial charge in [-0.3, -0.25) is 4.79 Å². The summed E-state index contributed by atoms with van der Waals surface area (Å²) in [5.41, 5.74) is 1.52. The Hall–Kier alpha value is -2.47. The molecular weight excluding hydrogens is 284 g/mol. The largest absolute Gasteiger partial charge is 0.352 e. The molecule has 0 saturated carbocycles. The molecule has 6 heteroatoms. The predicted octanol–water partition coefficient (Wildman–Crippen LogP) is 2.30. The van der Waals surface area contributed by atoms with Crippen molar-refractivity contribution in [1.82, 2.24) is 20.1 Å². The summed E-state index contributed by atoms with van der Waals surface area (Å²) in [5.74, 6) is -0.0586. The Labute approximate surface area is 126 Å². The zero-order chi connectivity index (χ0) is 14.5. The summed E-state index contributed by atoms with van der Waals surface area (Å²) in [6.07, 6.45) is 3.96. The molecule has 1 amide bonds. The van der Waals surface area contributed by atoms with E-state index in [1.165, 1.54) is 11.2 Å². The molecule has 0 aliphatic carbocycles. The molecule has 2 heterocycles. The van der Waals surface area contributed by atoms with Gasteiger partial charge in [-0.2, -0.15) is 5.10 Å². The average molecular weight is 298 g/mol. The van der Waals surface area contributed by atoms with Crippen molar-refractivity contribution in [3.05, 3.63) is 64.9 Å². The van der Waals surface area contributed by atoms with E-state index in [-0.39, 0.29) is 5.91 Å². The van der Waals surface area contributed by atoms with Gasteiger partial charge in [-0.05, 0) is 42.1 Å². The molecule has 0 saturated heterocycles. The summed E-state index contributed by atoms with van der Waals surface area (Å²) >= 11 is 1.70. The maximum atomic E-state index is 12.0. The lowest BCUT2D eigenvalue weighted by Gasteiger charge is -2.05. The van der Waals surface area contributed by atoms with Crippen molar-refractivity contribution in [2.75, 3.05) is 6.54 Å². The topological polar surface area (TPSA) is 59.8 Å². The van der Waals surface area contributed by atoms with E-state index in [1.54, 1.807) is 34.5 Å². The number of amides is 1. The van der Waals surface area contributed by atoms with Crippen LogP contribution in [0.1, 0.15) is 15.2 Å². The number of carbonyl (C=O) groups is 1. The van der Waals surface area contributed by atoms with E-state index in [1.807, 2.05) is 23.6 Å². The molecule has 0 fully saturated rings. The zero-order valence-corrected chi connectivity index (χ0v) is 12.1. The first-order valence-corrected chi connectivity index (χ1v) is 7.46. The van der Waals surface area contributed by atoms with Crippen LogP contribution >= 0.6 is 11.3 Å². The minimum absolute atomic E-state index is 0.0586. The Bertz CT molecular complexity index is 690. The molecule has 1 N–H and O–H groups in total. The SMILES string of the molecule is O=C(NCCc1cccs1)c1ccc(-n2cncn2)cc1. The Morgan fingerprint density at radius 1 is 1.24 bits per heavy atom. The monoisotopic (exact) mass is 298 g/mol. The van der Waals surface area contributed by atoms with Gasteiger partial charge in [-0.15, -0.1) is 11.3 Å². The quantitative estimate of drug-likeness (QED) is 0.786. The summed E-state index contributed by atoms with van der Waals surface area (Å²) in [6.45, 7) is 0.643. The van der Waals surface area contributed by atoms with Crippen LogP contribution in [0.25, 0.3) is 5.69 Å². The van der Waals surface area contributed by atoms with E-state index in [0.717, 1.165) is 12.1 Å². The molecule has 21 heavy (non-hydrogen) atoms. The molecular formula is C15H14N4OS. The van der Waals surface area contributed by atoms with E-state index in [9.17, 15) is 4.79 Å². The van der Waals surface area contributed by atoms with Crippen molar-refractivity contribution in [3.63, 3.8) is 0 Å². The summed E-state index contributed by atoms with van der Waals surface area (Å²) in [5, 5.41) is 9.01. The molecule has 0 bridgehead atoms. The van der Waals surface area contributed by atoms with Gasteiger partial charge in [0.15, 0.2) is 0 Å². The number of nitrogens with zero attached hydrogens (tertiary/aromatic N) is 3. The smallest absolute Gasteiger partial charge is 0.251 e. The lowest BCUT2D eigenvalue weighted by Crippen LogP contribution is -2.25. The molecule has 0 unspecified atom stereocenters. The third kappa shape index (κ3) is 3.35. The fourth-order valence-electron chi connectivity index (χ4n) is 1.96. The first kappa shape index (κ1) is 13.5. The molecule has 0 radical (unpaired) electrons. The number of nitrogens with one attached hydrogen (secondary N) is 1. The van der Waals surface area contributed by atoms with Crippen molar-refractivity contribution >= 4 is 17.2 Å². The minimum atomic E-state index is -0.0586. The zero-order valence-electron chi connectivity index (χ0n) is 11.3. The molecule has 3 rings (SSSR count). The predicted molar refractivity (Wildman–Crippen MR) is 81.7 cm³/mol. The van der Waals surface area contributed by atoms with Crippen LogP contribution in [0.3, 0.4) is 0 Å². The number of hydrogen-bond acceptors (Lipinski definition) is 4. The van der Waals surface area contributed by atoms with Gasteiger partial charge in [0.25, 0.3) is 5.91 Å². The first-order valence-electron chi connectivity index (χ1n) is 6.58. The van der Waals surface area contributed by atoms with Crippen LogP contribution in [0.4, 0.5) is 0 Å². The van der Waals surface area contributed by atoms with Crippen LogP contribution in [0.15, 0.2) is 54.4 Å². The number of thiophene rings is 1. The van der Waals surface area contributed by atoms with E-state index in [4.69, 9.17) is 0 Å². The maximum Gasteiger partial charge on any atom is 0.251 e. The standard InChI is InChI=1S/C15H14N4OS/c20-15(17-8-7-14-2-1-9-21-14)12-3-5-13(6-4-12)19-11-16-10-18-19/h1-6,9-11H,7-8H2,(H,17,20). The highest BCUT2D eigenvalue weighted by Crippen LogP contribution is 2.09. The second-order valence-corrected chi connectivity index (χ2v) is 5.50. The second kappa shape index (κ2) is 6.32. The van der Waals surface area contributed by atoms with E-state index in [0.29, 0.717) is 12.1 Å². The van der Waals surface area contributed by atoms with Gasteiger partial charge in [0, 0.05) is 17.0 Å². The highest BCUT2D eigenvalue weighted by molar-refractivity contribution is 7.09. The van der Waals surface area contributed by atoms with Gasteiger partial charge >= 0.3 is 0 Å². The summed E-state index contributed by atoms with van der Waals surface area (Å²) < 4.78 is 1.65. The normalized spacial score (nSPS) is 10.5. The van der Waals surface area contributed by atoms with Crippen molar-refractivity contribution in [3.8, 4) is 5.69 Å². The van der Waals surface area contributed by atoms with Crippen LogP contribution in [0.2, 0.25) is 0 Å². The van der Waals surface area contributed by atoms with Crippen LogP contribution in [-0.4, -0.2) is 27.2 Å². The first-order chi connectivity index (χ1) is 10.3. The summed E-state index contributed by atoms with van der Waals surface area (Å²) in [7, 11) is 0. The Morgan fingerprint density at radius 3 is 2.76 bits per heavy atom. The molecule has 0 aliphatic heterocycles. The van der Waals surface area contributed by atoms with Crippen molar-refractivity contribution in [1.29, 1.82) is 0 Å². The molecule has 3 aromatic rings. The number of rotatable bonds is 5. The number of benzene rings is 1. The second-order valence-electron chi connectivity index (χ2n) is 4.47. The molecule has 0 atom stereocenters. The van der Waals surface area contributed by atoms with Crippen LogP contribution < -0.4 is 5.32 Å². The van der Waals surface area contributed by atoms with Gasteiger partial charge in [0.1, 0.15) is 12.7 Å². The fourth-order valence-corrected chi connectivity index (χ4v) is 2.67. The third-order valence-electron chi connectivity index (χ3n) is 3.05. The van der Waals surface area contributed by atoms with Gasteiger partial charge in [0.05, 0.1) is 5.69 Å². The van der Waals surface area contributed by atoms with Crippen molar-refractivity contribution in [2.24, 2.45) is 0 Å². The number of aromatic nitrogens is 3. The minimum Gasteiger partial charge on any atom is -0.352 e. The van der Waals surface area contributed by atoms with Crippen molar-refractivity contribution in [2.45, 2.75) is 6.42 Å². The van der Waals surface area contributed by atoms with E-state index in [2.05, 4.69) is 21.5 Å². The number of hydrogen-bond donors (Lipinski definition) is 1. The average Bonchev–Trinajstić information content (AvgIpc) is 3.21. The third-order valence-corrected chi connectivity index (χ3v) is 3.99. The Morgan fingerprint density at radius 2 is 2.10 bits per heavy atom. The molecule has 2 aromatic heterocycles. The molecule has 0 spiro atoms. The lowest BCUT2D eigenvalue weighted by atomic mass is 10.2. The summed E-state index contributed by atoms with van der Waals surface area (Å²) in [6, 6.07) is 11.4. The van der Waals surface area contributed by atoms with Crippen LogP contribution in [-0.2, 0) is 6.42 Å². The highest BCUT2D eigenvalue weighted by atomic mass is 32.1. The summed E-state index contributed by atoms with van der Waals surface area (Å²) in [4.78, 5) is 17.2. The molecule has 106 valence electrons. The van der Waals surface area contributed by atoms with Crippen LogP contribution in [0.5, 0.6) is 0 Å². The fraction of sp³-hybridized carbons (Fsp3) is 0.133. The number of carbonyl (C=O) groups excluding carboxylic acids is 1. The van der Waals surface area contributed by atoms with Gasteiger partial charge in [0.2, 0.25) is 0 Å². The highest BCUT2D eigenvalue weighted by Gasteiger charge is 2.05.